The van der Waals surface area contributed by atoms with Gasteiger partial charge in [0.1, 0.15) is 0 Å². The molecule has 0 saturated heterocycles. The molecule has 0 aromatic rings. The Balaban J connectivity index is 0.000000207. The van der Waals surface area contributed by atoms with Crippen LogP contribution in [0, 0.1) is 71.0 Å². The Morgan fingerprint density at radius 2 is 1.26 bits per heavy atom. The van der Waals surface area contributed by atoms with Gasteiger partial charge in [-0.05, 0) is 129 Å². The summed E-state index contributed by atoms with van der Waals surface area (Å²) in [7, 11) is 0. The van der Waals surface area contributed by atoms with Gasteiger partial charge in [-0.1, -0.05) is 86.5 Å². The molecular weight excluding hydrogens is 408 g/mol. The smallest absolute Gasteiger partial charge is 0.0324 e. The molecule has 0 nitrogen and oxygen atoms in total. The monoisotopic (exact) mass is 470 g/mol. The third-order valence-electron chi connectivity index (χ3n) is 12.5. The van der Waals surface area contributed by atoms with Crippen molar-refractivity contribution in [2.24, 2.45) is 71.0 Å². The lowest BCUT2D eigenvalue weighted by Gasteiger charge is -2.50. The van der Waals surface area contributed by atoms with E-state index in [1.165, 1.54) is 57.8 Å². The zero-order valence-electron chi connectivity index (χ0n) is 24.2. The maximum Gasteiger partial charge on any atom is -0.0324 e. The first kappa shape index (κ1) is 27.0. The molecule has 5 aliphatic carbocycles. The second-order valence-electron chi connectivity index (χ2n) is 14.7. The summed E-state index contributed by atoms with van der Waals surface area (Å²) in [4.78, 5) is 0. The van der Waals surface area contributed by atoms with Crippen LogP contribution in [0.2, 0.25) is 0 Å². The second-order valence-corrected chi connectivity index (χ2v) is 14.7. The van der Waals surface area contributed by atoms with Crippen molar-refractivity contribution in [3.05, 3.63) is 0 Å². The van der Waals surface area contributed by atoms with Gasteiger partial charge in [0.25, 0.3) is 0 Å². The molecule has 0 radical (unpaired) electrons. The van der Waals surface area contributed by atoms with Gasteiger partial charge in [0.2, 0.25) is 0 Å². The Bertz CT molecular complexity index is 583. The number of hydrogen-bond acceptors (Lipinski definition) is 0. The predicted octanol–water partition coefficient (Wildman–Crippen LogP) is 10.8. The van der Waals surface area contributed by atoms with Crippen molar-refractivity contribution in [3.63, 3.8) is 0 Å². The highest BCUT2D eigenvalue weighted by atomic mass is 14.5. The molecule has 0 aromatic carbocycles. The lowest BCUT2D eigenvalue weighted by molar-refractivity contribution is -0.00486. The van der Waals surface area contributed by atoms with Crippen LogP contribution >= 0.6 is 0 Å². The first-order valence-electron chi connectivity index (χ1n) is 16.4. The fraction of sp³-hybridized carbons (Fsp3) is 1.00. The van der Waals surface area contributed by atoms with E-state index in [0.29, 0.717) is 0 Å². The number of unbranched alkanes of at least 4 members (excludes halogenated alkanes) is 1. The highest BCUT2D eigenvalue weighted by molar-refractivity contribution is 4.97. The van der Waals surface area contributed by atoms with Crippen LogP contribution < -0.4 is 0 Å². The average Bonchev–Trinajstić information content (AvgIpc) is 3.41. The standard InChI is InChI=1S/C23H42.C11H20/c1-5-6-9-21-17(4)15-20-8-7-10-22(20)23(21)19-13-11-18(12-14-19)16(2)3;1-8-7-10-5-3-4-6-11(10)9(8)2/h16-23H,5-15H2,1-4H3;8-11H,3-7H2,1-2H3. The zero-order valence-corrected chi connectivity index (χ0v) is 24.2. The van der Waals surface area contributed by atoms with Crippen LogP contribution in [0.5, 0.6) is 0 Å². The molecular formula is C34H62. The summed E-state index contributed by atoms with van der Waals surface area (Å²) >= 11 is 0. The van der Waals surface area contributed by atoms with Gasteiger partial charge in [0, 0.05) is 0 Å². The fourth-order valence-electron chi connectivity index (χ4n) is 10.4. The SMILES string of the molecule is CC1CC2CCCCC2C1C.CCCCC1C(C)CC2CCCC2C1C1CCC(C(C)C)CC1. The Kier molecular flexibility index (Phi) is 9.94. The molecule has 0 spiro atoms. The molecule has 5 saturated carbocycles. The van der Waals surface area contributed by atoms with Crippen LogP contribution in [0.3, 0.4) is 0 Å². The van der Waals surface area contributed by atoms with Crippen LogP contribution in [-0.4, -0.2) is 0 Å². The van der Waals surface area contributed by atoms with E-state index in [4.69, 9.17) is 0 Å². The summed E-state index contributed by atoms with van der Waals surface area (Å²) in [6.07, 6.45) is 24.5. The lowest BCUT2D eigenvalue weighted by Crippen LogP contribution is -2.42. The normalized spacial score (nSPS) is 46.5. The first-order valence-corrected chi connectivity index (χ1v) is 16.4. The summed E-state index contributed by atoms with van der Waals surface area (Å²) in [5.74, 6) is 12.7. The molecule has 0 heterocycles. The molecule has 5 rings (SSSR count). The molecule has 34 heavy (non-hydrogen) atoms. The summed E-state index contributed by atoms with van der Waals surface area (Å²) < 4.78 is 0. The molecule has 5 fully saturated rings. The summed E-state index contributed by atoms with van der Waals surface area (Å²) in [5.41, 5.74) is 0. The predicted molar refractivity (Wildman–Crippen MR) is 150 cm³/mol. The van der Waals surface area contributed by atoms with Crippen molar-refractivity contribution in [2.75, 3.05) is 0 Å². The zero-order chi connectivity index (χ0) is 24.2. The average molecular weight is 471 g/mol. The minimum absolute atomic E-state index is 0.913. The minimum atomic E-state index is 0.913. The van der Waals surface area contributed by atoms with Crippen LogP contribution in [-0.2, 0) is 0 Å². The molecule has 0 N–H and O–H groups in total. The van der Waals surface area contributed by atoms with Gasteiger partial charge in [-0.15, -0.1) is 0 Å². The van der Waals surface area contributed by atoms with Gasteiger partial charge < -0.3 is 0 Å². The summed E-state index contributed by atoms with van der Waals surface area (Å²) in [6.45, 7) is 14.8. The largest absolute Gasteiger partial charge is 0.0654 e. The topological polar surface area (TPSA) is 0 Å². The van der Waals surface area contributed by atoms with Crippen LogP contribution in [0.4, 0.5) is 0 Å². The molecule has 0 aliphatic heterocycles. The summed E-state index contributed by atoms with van der Waals surface area (Å²) in [5, 5.41) is 0. The second kappa shape index (κ2) is 12.5. The number of rotatable bonds is 5. The van der Waals surface area contributed by atoms with Crippen molar-refractivity contribution in [2.45, 2.75) is 144 Å². The molecule has 0 bridgehead atoms. The highest BCUT2D eigenvalue weighted by Gasteiger charge is 2.47. The van der Waals surface area contributed by atoms with Crippen molar-refractivity contribution in [1.29, 1.82) is 0 Å². The molecule has 0 aromatic heterocycles. The highest BCUT2D eigenvalue weighted by Crippen LogP contribution is 2.56. The maximum absolute atomic E-state index is 2.61. The van der Waals surface area contributed by atoms with Crippen LogP contribution in [0.25, 0.3) is 0 Å². The first-order chi connectivity index (χ1) is 16.4. The van der Waals surface area contributed by atoms with Crippen LogP contribution in [0.15, 0.2) is 0 Å². The van der Waals surface area contributed by atoms with Crippen molar-refractivity contribution in [3.8, 4) is 0 Å². The van der Waals surface area contributed by atoms with E-state index >= 15 is 0 Å². The number of hydrogen-bond donors (Lipinski definition) is 0. The third-order valence-corrected chi connectivity index (χ3v) is 12.5. The van der Waals surface area contributed by atoms with E-state index in [9.17, 15) is 0 Å². The molecule has 0 heteroatoms. The quantitative estimate of drug-likeness (QED) is 0.375. The Morgan fingerprint density at radius 1 is 0.647 bits per heavy atom. The molecule has 9 atom stereocenters. The van der Waals surface area contributed by atoms with Crippen molar-refractivity contribution >= 4 is 0 Å². The van der Waals surface area contributed by atoms with Crippen molar-refractivity contribution in [1.82, 2.24) is 0 Å². The van der Waals surface area contributed by atoms with E-state index in [-0.39, 0.29) is 0 Å². The van der Waals surface area contributed by atoms with Crippen molar-refractivity contribution < 1.29 is 0 Å². The molecule has 198 valence electrons. The van der Waals surface area contributed by atoms with Crippen LogP contribution in [0.1, 0.15) is 144 Å². The fourth-order valence-corrected chi connectivity index (χ4v) is 10.4. The molecule has 9 unspecified atom stereocenters. The summed E-state index contributed by atoms with van der Waals surface area (Å²) in [6, 6.07) is 0. The lowest BCUT2D eigenvalue weighted by atomic mass is 9.56. The van der Waals surface area contributed by atoms with E-state index in [2.05, 4.69) is 41.5 Å². The maximum atomic E-state index is 2.61. The third kappa shape index (κ3) is 6.10. The molecule has 5 aliphatic rings. The Morgan fingerprint density at radius 3 is 1.94 bits per heavy atom. The van der Waals surface area contributed by atoms with E-state index in [0.717, 1.165) is 71.0 Å². The molecule has 0 amide bonds. The van der Waals surface area contributed by atoms with Gasteiger partial charge in [0.15, 0.2) is 0 Å². The van der Waals surface area contributed by atoms with E-state index in [1.54, 1.807) is 44.9 Å². The Hall–Kier alpha value is 0. The van der Waals surface area contributed by atoms with Gasteiger partial charge >= 0.3 is 0 Å². The van der Waals surface area contributed by atoms with Gasteiger partial charge in [0.05, 0.1) is 0 Å². The van der Waals surface area contributed by atoms with Gasteiger partial charge in [-0.2, -0.15) is 0 Å². The van der Waals surface area contributed by atoms with E-state index < -0.39 is 0 Å². The Labute approximate surface area is 215 Å². The number of fused-ring (bicyclic) bond motifs is 2. The minimum Gasteiger partial charge on any atom is -0.0654 e. The van der Waals surface area contributed by atoms with Gasteiger partial charge in [-0.25, -0.2) is 0 Å². The van der Waals surface area contributed by atoms with E-state index in [1.807, 2.05) is 0 Å². The van der Waals surface area contributed by atoms with Gasteiger partial charge in [-0.3, -0.25) is 0 Å².